The molecule has 2 rings (SSSR count). The van der Waals surface area contributed by atoms with Gasteiger partial charge in [-0.1, -0.05) is 67.7 Å². The normalized spacial score (nSPS) is 14.5. The number of carbonyl (C=O) groups excluding carboxylic acids is 3. The molecule has 0 radical (unpaired) electrons. The van der Waals surface area contributed by atoms with Gasteiger partial charge in [-0.25, -0.2) is 0 Å². The number of amides is 3. The number of nitrogens with zero attached hydrogens (tertiary/aromatic N) is 3. The van der Waals surface area contributed by atoms with Crippen molar-refractivity contribution < 1.29 is 14.4 Å². The van der Waals surface area contributed by atoms with E-state index in [2.05, 4.69) is 78.0 Å². The summed E-state index contributed by atoms with van der Waals surface area (Å²) >= 11 is 0. The Balaban J connectivity index is 1.49. The number of hydrogen-bond donors (Lipinski definition) is 1. The smallest absolute Gasteiger partial charge is 0.253 e. The first-order chi connectivity index (χ1) is 19.1. The van der Waals surface area contributed by atoms with E-state index in [1.165, 1.54) is 6.20 Å². The van der Waals surface area contributed by atoms with Crippen LogP contribution in [0.5, 0.6) is 0 Å². The van der Waals surface area contributed by atoms with E-state index in [-0.39, 0.29) is 24.3 Å². The second-order valence-corrected chi connectivity index (χ2v) is 9.29. The van der Waals surface area contributed by atoms with Gasteiger partial charge in [0.05, 0.1) is 12.1 Å². The number of unbranched alkanes of at least 4 members (excludes halogenated alkanes) is 1. The van der Waals surface area contributed by atoms with Crippen LogP contribution in [0.4, 0.5) is 0 Å². The van der Waals surface area contributed by atoms with Crippen molar-refractivity contribution in [1.82, 2.24) is 20.1 Å². The molecule has 1 aromatic rings. The summed E-state index contributed by atoms with van der Waals surface area (Å²) in [4.78, 5) is 44.5. The van der Waals surface area contributed by atoms with Gasteiger partial charge in [-0.15, -0.1) is 0 Å². The van der Waals surface area contributed by atoms with Gasteiger partial charge >= 0.3 is 0 Å². The first-order valence-electron chi connectivity index (χ1n) is 14.1. The zero-order valence-electron chi connectivity index (χ0n) is 23.3. The zero-order chi connectivity index (χ0) is 28.0. The van der Waals surface area contributed by atoms with Crippen molar-refractivity contribution in [3.8, 4) is 0 Å². The first kappa shape index (κ1) is 31.5. The molecular weight excluding hydrogens is 488 g/mol. The average molecular weight is 533 g/mol. The minimum atomic E-state index is -0.322. The second-order valence-electron chi connectivity index (χ2n) is 9.29. The van der Waals surface area contributed by atoms with Crippen molar-refractivity contribution >= 4 is 17.7 Å². The third-order valence-corrected chi connectivity index (χ3v) is 6.23. The molecule has 1 aliphatic rings. The Morgan fingerprint density at radius 1 is 0.795 bits per heavy atom. The van der Waals surface area contributed by atoms with E-state index in [9.17, 15) is 14.4 Å². The Morgan fingerprint density at radius 2 is 1.33 bits per heavy atom. The van der Waals surface area contributed by atoms with Gasteiger partial charge in [-0.05, 0) is 57.1 Å². The highest BCUT2D eigenvalue weighted by molar-refractivity contribution is 5.96. The lowest BCUT2D eigenvalue weighted by molar-refractivity contribution is -0.139. The number of aromatic nitrogens is 1. The molecule has 0 aliphatic carbocycles. The van der Waals surface area contributed by atoms with Gasteiger partial charge < -0.3 is 15.1 Å². The van der Waals surface area contributed by atoms with Crippen LogP contribution < -0.4 is 5.32 Å². The maximum atomic E-state index is 12.5. The van der Waals surface area contributed by atoms with Crippen molar-refractivity contribution in [3.05, 3.63) is 90.9 Å². The van der Waals surface area contributed by atoms with E-state index in [0.29, 0.717) is 38.2 Å². The molecule has 3 amide bonds. The average Bonchev–Trinajstić information content (AvgIpc) is 2.97. The van der Waals surface area contributed by atoms with Crippen LogP contribution >= 0.6 is 0 Å². The predicted molar refractivity (Wildman–Crippen MR) is 158 cm³/mol. The number of allylic oxidation sites excluding steroid dienone is 10. The summed E-state index contributed by atoms with van der Waals surface area (Å²) in [7, 11) is 0. The molecular formula is C32H44N4O3. The van der Waals surface area contributed by atoms with E-state index in [1.54, 1.807) is 23.2 Å². The molecule has 0 atom stereocenters. The molecule has 2 heterocycles. The number of piperazine rings is 1. The summed E-state index contributed by atoms with van der Waals surface area (Å²) in [6.45, 7) is 4.12. The third-order valence-electron chi connectivity index (χ3n) is 6.23. The fraction of sp³-hybridized carbons (Fsp3) is 0.438. The Morgan fingerprint density at radius 3 is 1.87 bits per heavy atom. The summed E-state index contributed by atoms with van der Waals surface area (Å²) in [5.41, 5.74) is 0.422. The molecule has 1 aliphatic heterocycles. The lowest BCUT2D eigenvalue weighted by Crippen LogP contribution is -2.52. The van der Waals surface area contributed by atoms with Gasteiger partial charge in [0.2, 0.25) is 11.8 Å². The largest absolute Gasteiger partial charge is 0.343 e. The lowest BCUT2D eigenvalue weighted by atomic mass is 10.2. The molecule has 1 fully saturated rings. The highest BCUT2D eigenvalue weighted by Crippen LogP contribution is 2.08. The third kappa shape index (κ3) is 14.1. The molecule has 7 nitrogen and oxygen atoms in total. The fourth-order valence-electron chi connectivity index (χ4n) is 3.97. The topological polar surface area (TPSA) is 82.6 Å². The van der Waals surface area contributed by atoms with Crippen LogP contribution in [0.25, 0.3) is 0 Å². The van der Waals surface area contributed by atoms with Gasteiger partial charge in [0, 0.05) is 45.0 Å². The number of rotatable bonds is 16. The Hall–Kier alpha value is -3.74. The monoisotopic (exact) mass is 532 g/mol. The summed E-state index contributed by atoms with van der Waals surface area (Å²) in [5, 5.41) is 2.64. The molecule has 0 unspecified atom stereocenters. The molecule has 210 valence electrons. The van der Waals surface area contributed by atoms with Crippen LogP contribution in [0.1, 0.15) is 68.6 Å². The minimum Gasteiger partial charge on any atom is -0.343 e. The Kier molecular flexibility index (Phi) is 16.3. The van der Waals surface area contributed by atoms with Crippen molar-refractivity contribution in [2.24, 2.45) is 0 Å². The quantitative estimate of drug-likeness (QED) is 0.228. The number of hydrogen-bond acceptors (Lipinski definition) is 4. The van der Waals surface area contributed by atoms with Gasteiger partial charge in [0.1, 0.15) is 0 Å². The maximum Gasteiger partial charge on any atom is 0.253 e. The SMILES string of the molecule is CC/C=C\C/C=C\C/C=C\C/C=C\C/C=C\CCCC(=O)N1CCN(C(=O)CNC(=O)c2cccnc2)CC1. The Labute approximate surface area is 234 Å². The second kappa shape index (κ2) is 20.3. The van der Waals surface area contributed by atoms with Crippen LogP contribution in [0, 0.1) is 0 Å². The van der Waals surface area contributed by atoms with E-state index in [4.69, 9.17) is 0 Å². The number of nitrogens with one attached hydrogen (secondary N) is 1. The highest BCUT2D eigenvalue weighted by Gasteiger charge is 2.24. The van der Waals surface area contributed by atoms with Crippen LogP contribution in [-0.2, 0) is 9.59 Å². The van der Waals surface area contributed by atoms with Crippen molar-refractivity contribution in [3.63, 3.8) is 0 Å². The summed E-state index contributed by atoms with van der Waals surface area (Å²) in [6.07, 6.45) is 32.0. The van der Waals surface area contributed by atoms with E-state index in [1.807, 2.05) is 4.90 Å². The van der Waals surface area contributed by atoms with Crippen LogP contribution in [0.2, 0.25) is 0 Å². The first-order valence-corrected chi connectivity index (χ1v) is 14.1. The van der Waals surface area contributed by atoms with Gasteiger partial charge in [0.15, 0.2) is 0 Å². The molecule has 0 bridgehead atoms. The zero-order valence-corrected chi connectivity index (χ0v) is 23.3. The molecule has 0 spiro atoms. The van der Waals surface area contributed by atoms with Crippen molar-refractivity contribution in [1.29, 1.82) is 0 Å². The summed E-state index contributed by atoms with van der Waals surface area (Å²) in [5.74, 6) is -0.324. The van der Waals surface area contributed by atoms with Gasteiger partial charge in [-0.3, -0.25) is 19.4 Å². The number of pyridine rings is 1. The standard InChI is InChI=1S/C32H44N4O3/c1-2-3-4-5-6-7-8-9-10-11-12-13-14-15-16-17-18-21-30(37)35-23-25-36(26-24-35)31(38)28-34-32(39)29-20-19-22-33-27-29/h3-4,6-7,9-10,12-13,15-16,19-20,22,27H,2,5,8,11,14,17-18,21,23-26,28H2,1H3,(H,34,39)/b4-3-,7-6-,10-9-,13-12-,16-15-. The van der Waals surface area contributed by atoms with Crippen LogP contribution in [0.3, 0.4) is 0 Å². The Bertz CT molecular complexity index is 1000. The van der Waals surface area contributed by atoms with E-state index >= 15 is 0 Å². The number of carbonyl (C=O) groups is 3. The van der Waals surface area contributed by atoms with Crippen LogP contribution in [-0.4, -0.2) is 65.2 Å². The minimum absolute atomic E-state index is 0.0606. The molecule has 39 heavy (non-hydrogen) atoms. The summed E-state index contributed by atoms with van der Waals surface area (Å²) < 4.78 is 0. The predicted octanol–water partition coefficient (Wildman–Crippen LogP) is 5.40. The molecule has 1 N–H and O–H groups in total. The molecule has 1 saturated heterocycles. The fourth-order valence-corrected chi connectivity index (χ4v) is 3.97. The lowest BCUT2D eigenvalue weighted by Gasteiger charge is -2.35. The molecule has 1 aromatic heterocycles. The maximum absolute atomic E-state index is 12.5. The summed E-state index contributed by atoms with van der Waals surface area (Å²) in [6, 6.07) is 3.33. The van der Waals surface area contributed by atoms with Crippen molar-refractivity contribution in [2.75, 3.05) is 32.7 Å². The molecule has 0 saturated carbocycles. The molecule has 7 heteroatoms. The van der Waals surface area contributed by atoms with E-state index < -0.39 is 0 Å². The molecule has 0 aromatic carbocycles. The highest BCUT2D eigenvalue weighted by atomic mass is 16.2. The van der Waals surface area contributed by atoms with Gasteiger partial charge in [0.25, 0.3) is 5.91 Å². The van der Waals surface area contributed by atoms with Crippen LogP contribution in [0.15, 0.2) is 85.3 Å². The van der Waals surface area contributed by atoms with Crippen molar-refractivity contribution in [2.45, 2.75) is 58.3 Å². The van der Waals surface area contributed by atoms with Gasteiger partial charge in [-0.2, -0.15) is 0 Å². The van der Waals surface area contributed by atoms with E-state index in [0.717, 1.165) is 44.9 Å².